The number of methoxy groups -OCH3 is 2. The molecule has 0 fully saturated rings. The van der Waals surface area contributed by atoms with E-state index in [-0.39, 0.29) is 17.5 Å². The van der Waals surface area contributed by atoms with Crippen LogP contribution in [0.4, 0.5) is 0 Å². The number of benzene rings is 3. The van der Waals surface area contributed by atoms with Gasteiger partial charge >= 0.3 is 0 Å². The fourth-order valence-electron chi connectivity index (χ4n) is 6.96. The van der Waals surface area contributed by atoms with E-state index in [0.717, 1.165) is 72.3 Å². The summed E-state index contributed by atoms with van der Waals surface area (Å²) in [5, 5.41) is 2.36. The van der Waals surface area contributed by atoms with E-state index in [1.807, 2.05) is 24.3 Å². The van der Waals surface area contributed by atoms with Gasteiger partial charge < -0.3 is 19.1 Å². The van der Waals surface area contributed by atoms with Crippen molar-refractivity contribution in [1.82, 2.24) is 4.90 Å². The third-order valence-electron chi connectivity index (χ3n) is 8.98. The van der Waals surface area contributed by atoms with E-state index in [1.165, 1.54) is 16.3 Å². The molecule has 3 aromatic rings. The van der Waals surface area contributed by atoms with Gasteiger partial charge in [-0.3, -0.25) is 9.59 Å². The average Bonchev–Trinajstić information content (AvgIpc) is 3.01. The normalized spacial score (nSPS) is 17.5. The van der Waals surface area contributed by atoms with Crippen LogP contribution in [-0.2, 0) is 20.9 Å². The molecule has 0 saturated carbocycles. The minimum Gasteiger partial charge on any atom is -0.493 e. The lowest BCUT2D eigenvalue weighted by Crippen LogP contribution is -2.39. The molecule has 1 aliphatic heterocycles. The molecule has 42 heavy (non-hydrogen) atoms. The molecule has 0 saturated heterocycles. The van der Waals surface area contributed by atoms with Crippen LogP contribution in [0.3, 0.4) is 0 Å². The number of nitrogens with zero attached hydrogens (tertiary/aromatic N) is 1. The Balaban J connectivity index is 1.38. The average molecular weight is 566 g/mol. The molecular formula is C36H39NO5. The smallest absolute Gasteiger partial charge is 0.161 e. The second-order valence-corrected chi connectivity index (χ2v) is 11.5. The Bertz CT molecular complexity index is 1560. The maximum atomic E-state index is 13.6. The molecule has 6 rings (SSSR count). The van der Waals surface area contributed by atoms with Crippen LogP contribution >= 0.6 is 0 Å². The van der Waals surface area contributed by atoms with Crippen molar-refractivity contribution in [2.45, 2.75) is 64.4 Å². The highest BCUT2D eigenvalue weighted by Gasteiger charge is 2.43. The standard InChI is InChI=1S/C36H39NO5/c1-23-15-16-24-9-4-5-10-26(24)27(23)22-42-32-18-17-25(21-33(32)41-3)34-35-28(11-6-13-30(35)38)37(19-8-20-40-2)29-12-7-14-31(39)36(29)34/h4-5,9-10,15-18,21,34H,6-8,11-14,19-20,22H2,1-3H3. The summed E-state index contributed by atoms with van der Waals surface area (Å²) in [6, 6.07) is 18.5. The zero-order valence-corrected chi connectivity index (χ0v) is 24.8. The number of hydrogen-bond acceptors (Lipinski definition) is 6. The number of Topliss-reactive ketones (excluding diaryl/α,β-unsaturated/α-hetero) is 2. The van der Waals surface area contributed by atoms with E-state index in [2.05, 4.69) is 42.2 Å². The van der Waals surface area contributed by atoms with Gasteiger partial charge in [0, 0.05) is 67.1 Å². The molecule has 0 N–H and O–H groups in total. The fraction of sp³-hybridized carbons (Fsp3) is 0.389. The number of ether oxygens (including phenoxy) is 3. The first-order chi connectivity index (χ1) is 20.5. The summed E-state index contributed by atoms with van der Waals surface area (Å²) in [6.45, 7) is 3.91. The van der Waals surface area contributed by atoms with Crippen LogP contribution in [0.15, 0.2) is 77.1 Å². The monoisotopic (exact) mass is 565 g/mol. The number of fused-ring (bicyclic) bond motifs is 1. The van der Waals surface area contributed by atoms with Gasteiger partial charge in [0.1, 0.15) is 6.61 Å². The van der Waals surface area contributed by atoms with Crippen molar-refractivity contribution in [2.24, 2.45) is 0 Å². The minimum absolute atomic E-state index is 0.147. The van der Waals surface area contributed by atoms with Crippen molar-refractivity contribution in [3.05, 3.63) is 93.8 Å². The van der Waals surface area contributed by atoms with Gasteiger partial charge in [0.2, 0.25) is 0 Å². The summed E-state index contributed by atoms with van der Waals surface area (Å²) in [5.41, 5.74) is 6.97. The Kier molecular flexibility index (Phi) is 8.16. The summed E-state index contributed by atoms with van der Waals surface area (Å²) in [5.74, 6) is 1.16. The van der Waals surface area contributed by atoms with Crippen LogP contribution in [0.5, 0.6) is 11.5 Å². The van der Waals surface area contributed by atoms with Crippen molar-refractivity contribution in [1.29, 1.82) is 0 Å². The first-order valence-corrected chi connectivity index (χ1v) is 15.1. The Labute approximate surface area is 247 Å². The third kappa shape index (κ3) is 5.13. The van der Waals surface area contributed by atoms with Crippen molar-refractivity contribution in [3.63, 3.8) is 0 Å². The highest BCUT2D eigenvalue weighted by atomic mass is 16.5. The Morgan fingerprint density at radius 2 is 1.55 bits per heavy atom. The van der Waals surface area contributed by atoms with E-state index in [9.17, 15) is 9.59 Å². The van der Waals surface area contributed by atoms with Gasteiger partial charge in [0.25, 0.3) is 0 Å². The lowest BCUT2D eigenvalue weighted by atomic mass is 9.71. The maximum absolute atomic E-state index is 13.6. The first kappa shape index (κ1) is 28.2. The van der Waals surface area contributed by atoms with E-state index in [4.69, 9.17) is 14.2 Å². The number of ketones is 2. The van der Waals surface area contributed by atoms with Crippen LogP contribution in [0.1, 0.15) is 67.6 Å². The molecule has 6 nitrogen and oxygen atoms in total. The van der Waals surface area contributed by atoms with Crippen LogP contribution in [0.25, 0.3) is 10.8 Å². The summed E-state index contributed by atoms with van der Waals surface area (Å²) in [6.07, 6.45) is 5.24. The summed E-state index contributed by atoms with van der Waals surface area (Å²) < 4.78 is 17.5. The summed E-state index contributed by atoms with van der Waals surface area (Å²) in [7, 11) is 3.35. The molecule has 3 aromatic carbocycles. The van der Waals surface area contributed by atoms with Crippen molar-refractivity contribution in [3.8, 4) is 11.5 Å². The predicted octanol–water partition coefficient (Wildman–Crippen LogP) is 7.19. The van der Waals surface area contributed by atoms with Crippen molar-refractivity contribution < 1.29 is 23.8 Å². The zero-order valence-electron chi connectivity index (χ0n) is 24.8. The second kappa shape index (κ2) is 12.1. The topological polar surface area (TPSA) is 65.1 Å². The van der Waals surface area contributed by atoms with Gasteiger partial charge in [-0.25, -0.2) is 0 Å². The van der Waals surface area contributed by atoms with Crippen LogP contribution in [0.2, 0.25) is 0 Å². The molecule has 0 bridgehead atoms. The second-order valence-electron chi connectivity index (χ2n) is 11.5. The lowest BCUT2D eigenvalue weighted by Gasteiger charge is -2.44. The van der Waals surface area contributed by atoms with Crippen LogP contribution in [0, 0.1) is 6.92 Å². The largest absolute Gasteiger partial charge is 0.493 e. The summed E-state index contributed by atoms with van der Waals surface area (Å²) in [4.78, 5) is 29.5. The summed E-state index contributed by atoms with van der Waals surface area (Å²) >= 11 is 0. The number of hydrogen-bond donors (Lipinski definition) is 0. The number of carbonyl (C=O) groups is 2. The number of allylic oxidation sites excluding steroid dienone is 4. The van der Waals surface area contributed by atoms with Gasteiger partial charge in [0.15, 0.2) is 23.1 Å². The molecule has 6 heteroatoms. The van der Waals surface area contributed by atoms with Gasteiger partial charge in [-0.05, 0) is 73.1 Å². The van der Waals surface area contributed by atoms with E-state index >= 15 is 0 Å². The van der Waals surface area contributed by atoms with Crippen molar-refractivity contribution >= 4 is 22.3 Å². The molecule has 0 radical (unpaired) electrons. The fourth-order valence-corrected chi connectivity index (χ4v) is 6.96. The molecule has 1 heterocycles. The molecular weight excluding hydrogens is 526 g/mol. The molecule has 0 amide bonds. The number of rotatable bonds is 9. The SMILES string of the molecule is COCCCN1C2=C(C(=O)CCC2)C(c2ccc(OCc3c(C)ccc4ccccc34)c(OC)c2)C2=C1CCCC2=O. The van der Waals surface area contributed by atoms with Gasteiger partial charge in [-0.15, -0.1) is 0 Å². The van der Waals surface area contributed by atoms with Gasteiger partial charge in [0.05, 0.1) is 7.11 Å². The van der Waals surface area contributed by atoms with E-state index in [1.54, 1.807) is 14.2 Å². The molecule has 218 valence electrons. The Hall–Kier alpha value is -3.90. The van der Waals surface area contributed by atoms with E-state index < -0.39 is 0 Å². The Morgan fingerprint density at radius 1 is 0.833 bits per heavy atom. The quantitative estimate of drug-likeness (QED) is 0.256. The van der Waals surface area contributed by atoms with Gasteiger partial charge in [-0.2, -0.15) is 0 Å². The predicted molar refractivity (Wildman–Crippen MR) is 164 cm³/mol. The third-order valence-corrected chi connectivity index (χ3v) is 8.98. The lowest BCUT2D eigenvalue weighted by molar-refractivity contribution is -0.117. The van der Waals surface area contributed by atoms with Crippen LogP contribution in [-0.4, -0.2) is 43.8 Å². The van der Waals surface area contributed by atoms with E-state index in [0.29, 0.717) is 37.6 Å². The molecule has 2 aliphatic carbocycles. The van der Waals surface area contributed by atoms with Gasteiger partial charge in [-0.1, -0.05) is 42.5 Å². The van der Waals surface area contributed by atoms with Crippen molar-refractivity contribution in [2.75, 3.05) is 27.4 Å². The molecule has 0 unspecified atom stereocenters. The molecule has 0 spiro atoms. The molecule has 0 aromatic heterocycles. The van der Waals surface area contributed by atoms with Crippen LogP contribution < -0.4 is 9.47 Å². The highest BCUT2D eigenvalue weighted by Crippen LogP contribution is 2.50. The Morgan fingerprint density at radius 3 is 2.24 bits per heavy atom. The highest BCUT2D eigenvalue weighted by molar-refractivity contribution is 6.06. The molecule has 3 aliphatic rings. The zero-order chi connectivity index (χ0) is 29.2. The molecule has 0 atom stereocenters. The number of carbonyl (C=O) groups excluding carboxylic acids is 2. The maximum Gasteiger partial charge on any atom is 0.161 e. The first-order valence-electron chi connectivity index (χ1n) is 15.1. The minimum atomic E-state index is -0.377. The number of aryl methyl sites for hydroxylation is 1.